The van der Waals surface area contributed by atoms with Crippen molar-refractivity contribution in [2.24, 2.45) is 5.92 Å². The fourth-order valence-electron chi connectivity index (χ4n) is 3.55. The van der Waals surface area contributed by atoms with Crippen LogP contribution in [0.3, 0.4) is 0 Å². The van der Waals surface area contributed by atoms with Gasteiger partial charge in [0.15, 0.2) is 5.92 Å². The number of carbonyl (C=O) groups excluding carboxylic acids is 3. The Labute approximate surface area is 178 Å². The topological polar surface area (TPSA) is 82.1 Å². The molecule has 1 aliphatic rings. The zero-order chi connectivity index (χ0) is 22.3. The van der Waals surface area contributed by atoms with Crippen LogP contribution in [0.2, 0.25) is 0 Å². The number of nitrogens with zero attached hydrogens (tertiary/aromatic N) is 1. The Bertz CT molecular complexity index is 752. The first-order valence-corrected chi connectivity index (χ1v) is 10.1. The van der Waals surface area contributed by atoms with Gasteiger partial charge in [-0.3, -0.25) is 14.5 Å². The monoisotopic (exact) mass is 417 g/mol. The molecule has 0 bridgehead atoms. The first kappa shape index (κ1) is 23.4. The van der Waals surface area contributed by atoms with Gasteiger partial charge in [0.05, 0.1) is 20.3 Å². The molecule has 0 spiro atoms. The van der Waals surface area contributed by atoms with Crippen molar-refractivity contribution in [2.45, 2.75) is 57.7 Å². The largest absolute Gasteiger partial charge is 0.468 e. The van der Waals surface area contributed by atoms with Crippen LogP contribution in [0.4, 0.5) is 4.79 Å². The Hall–Kier alpha value is -2.83. The maximum atomic E-state index is 13.1. The molecule has 7 nitrogen and oxygen atoms in total. The smallest absolute Gasteiger partial charge is 0.411 e. The summed E-state index contributed by atoms with van der Waals surface area (Å²) in [6.07, 6.45) is 4.98. The van der Waals surface area contributed by atoms with Gasteiger partial charge in [0, 0.05) is 6.04 Å². The molecule has 0 aromatic heterocycles. The van der Waals surface area contributed by atoms with Gasteiger partial charge in [-0.2, -0.15) is 0 Å². The van der Waals surface area contributed by atoms with Crippen LogP contribution < -0.4 is 0 Å². The molecule has 1 aromatic rings. The number of rotatable bonds is 6. The summed E-state index contributed by atoms with van der Waals surface area (Å²) >= 11 is 0. The fourth-order valence-corrected chi connectivity index (χ4v) is 3.55. The number of carbonyl (C=O) groups is 3. The van der Waals surface area contributed by atoms with Crippen LogP contribution >= 0.6 is 0 Å². The molecule has 0 saturated carbocycles. The highest BCUT2D eigenvalue weighted by molar-refractivity contribution is 5.96. The number of ether oxygens (including phenoxy) is 3. The highest BCUT2D eigenvalue weighted by Crippen LogP contribution is 2.29. The standard InChI is InChI=1S/C23H31NO6/c1-23(2,3)30-22(27)24-17(15-14-16-10-7-6-8-11-16)12-9-13-18(24)19(20(25)28-4)21(26)29-5/h6-11,13,17-19H,12,14-15H2,1-5H3/t17-,18-/m1/s1. The lowest BCUT2D eigenvalue weighted by atomic mass is 9.90. The third-order valence-corrected chi connectivity index (χ3v) is 4.92. The highest BCUT2D eigenvalue weighted by atomic mass is 16.6. The summed E-state index contributed by atoms with van der Waals surface area (Å²) < 4.78 is 15.3. The second kappa shape index (κ2) is 10.3. The van der Waals surface area contributed by atoms with Gasteiger partial charge < -0.3 is 14.2 Å². The van der Waals surface area contributed by atoms with Crippen molar-refractivity contribution in [3.05, 3.63) is 48.0 Å². The number of hydrogen-bond acceptors (Lipinski definition) is 6. The van der Waals surface area contributed by atoms with Gasteiger partial charge in [0.25, 0.3) is 0 Å². The minimum atomic E-state index is -1.29. The molecule has 7 heteroatoms. The van der Waals surface area contributed by atoms with Crippen LogP contribution in [-0.2, 0) is 30.2 Å². The Morgan fingerprint density at radius 2 is 1.67 bits per heavy atom. The minimum Gasteiger partial charge on any atom is -0.468 e. The van der Waals surface area contributed by atoms with E-state index in [1.807, 2.05) is 36.4 Å². The summed E-state index contributed by atoms with van der Waals surface area (Å²) in [4.78, 5) is 39.5. The lowest BCUT2D eigenvalue weighted by molar-refractivity contribution is -0.161. The quantitative estimate of drug-likeness (QED) is 0.305. The summed E-state index contributed by atoms with van der Waals surface area (Å²) in [7, 11) is 2.41. The van der Waals surface area contributed by atoms with Crippen LogP contribution in [0.25, 0.3) is 0 Å². The molecule has 30 heavy (non-hydrogen) atoms. The van der Waals surface area contributed by atoms with Gasteiger partial charge in [-0.25, -0.2) is 4.79 Å². The molecule has 1 heterocycles. The fraction of sp³-hybridized carbons (Fsp3) is 0.522. The van der Waals surface area contributed by atoms with Crippen molar-refractivity contribution >= 4 is 18.0 Å². The molecule has 1 aromatic carbocycles. The highest BCUT2D eigenvalue weighted by Gasteiger charge is 2.45. The van der Waals surface area contributed by atoms with E-state index in [4.69, 9.17) is 14.2 Å². The maximum absolute atomic E-state index is 13.1. The van der Waals surface area contributed by atoms with Crippen molar-refractivity contribution in [2.75, 3.05) is 14.2 Å². The third kappa shape index (κ3) is 6.08. The van der Waals surface area contributed by atoms with Gasteiger partial charge >= 0.3 is 18.0 Å². The first-order chi connectivity index (χ1) is 14.2. The molecule has 0 fully saturated rings. The molecule has 0 aliphatic carbocycles. The van der Waals surface area contributed by atoms with Crippen molar-refractivity contribution in [3.63, 3.8) is 0 Å². The van der Waals surface area contributed by atoms with E-state index in [9.17, 15) is 14.4 Å². The lowest BCUT2D eigenvalue weighted by Gasteiger charge is -2.41. The SMILES string of the molecule is COC(=O)C(C(=O)OC)[C@H]1C=CC[C@H](CCc2ccccc2)N1C(=O)OC(C)(C)C. The minimum absolute atomic E-state index is 0.244. The van der Waals surface area contributed by atoms with E-state index >= 15 is 0 Å². The van der Waals surface area contributed by atoms with Crippen LogP contribution in [0.5, 0.6) is 0 Å². The van der Waals surface area contributed by atoms with E-state index < -0.39 is 35.6 Å². The predicted octanol–water partition coefficient (Wildman–Crippen LogP) is 3.52. The van der Waals surface area contributed by atoms with Crippen LogP contribution in [0.1, 0.15) is 39.2 Å². The van der Waals surface area contributed by atoms with Gasteiger partial charge in [-0.05, 0) is 45.6 Å². The number of benzene rings is 1. The number of aryl methyl sites for hydroxylation is 1. The number of hydrogen-bond donors (Lipinski definition) is 0. The van der Waals surface area contributed by atoms with Crippen molar-refractivity contribution in [3.8, 4) is 0 Å². The maximum Gasteiger partial charge on any atom is 0.411 e. The van der Waals surface area contributed by atoms with E-state index in [-0.39, 0.29) is 6.04 Å². The average molecular weight is 418 g/mol. The van der Waals surface area contributed by atoms with Gasteiger partial charge in [0.2, 0.25) is 0 Å². The zero-order valence-corrected chi connectivity index (χ0v) is 18.3. The summed E-state index contributed by atoms with van der Waals surface area (Å²) in [6.45, 7) is 5.32. The predicted molar refractivity (Wildman–Crippen MR) is 112 cm³/mol. The molecule has 2 rings (SSSR count). The van der Waals surface area contributed by atoms with Crippen molar-refractivity contribution < 1.29 is 28.6 Å². The number of amides is 1. The molecule has 0 saturated heterocycles. The molecule has 0 unspecified atom stereocenters. The second-order valence-electron chi connectivity index (χ2n) is 8.24. The molecule has 1 aliphatic heterocycles. The molecule has 164 valence electrons. The van der Waals surface area contributed by atoms with Crippen LogP contribution in [0.15, 0.2) is 42.5 Å². The van der Waals surface area contributed by atoms with Crippen LogP contribution in [0, 0.1) is 5.92 Å². The molecular formula is C23H31NO6. The summed E-state index contributed by atoms with van der Waals surface area (Å²) in [6, 6.07) is 8.85. The van der Waals surface area contributed by atoms with E-state index in [2.05, 4.69) is 0 Å². The Kier molecular flexibility index (Phi) is 8.03. The number of methoxy groups -OCH3 is 2. The lowest BCUT2D eigenvalue weighted by Crippen LogP contribution is -2.56. The summed E-state index contributed by atoms with van der Waals surface area (Å²) in [5.41, 5.74) is 0.420. The summed E-state index contributed by atoms with van der Waals surface area (Å²) in [5.74, 6) is -2.80. The summed E-state index contributed by atoms with van der Waals surface area (Å²) in [5, 5.41) is 0. The van der Waals surface area contributed by atoms with E-state index in [1.165, 1.54) is 19.1 Å². The molecular weight excluding hydrogens is 386 g/mol. The molecule has 0 N–H and O–H groups in total. The second-order valence-corrected chi connectivity index (χ2v) is 8.24. The molecule has 0 radical (unpaired) electrons. The molecule has 1 amide bonds. The van der Waals surface area contributed by atoms with Gasteiger partial charge in [0.1, 0.15) is 5.60 Å². The van der Waals surface area contributed by atoms with E-state index in [1.54, 1.807) is 26.8 Å². The van der Waals surface area contributed by atoms with E-state index in [0.717, 1.165) is 12.0 Å². The van der Waals surface area contributed by atoms with Crippen molar-refractivity contribution in [1.29, 1.82) is 0 Å². The Morgan fingerprint density at radius 3 is 2.20 bits per heavy atom. The van der Waals surface area contributed by atoms with Gasteiger partial charge in [-0.1, -0.05) is 42.5 Å². The van der Waals surface area contributed by atoms with E-state index in [0.29, 0.717) is 12.8 Å². The Balaban J connectivity index is 2.36. The average Bonchev–Trinajstić information content (AvgIpc) is 2.71. The Morgan fingerprint density at radius 1 is 1.07 bits per heavy atom. The number of esters is 2. The van der Waals surface area contributed by atoms with Crippen molar-refractivity contribution in [1.82, 2.24) is 4.90 Å². The van der Waals surface area contributed by atoms with Gasteiger partial charge in [-0.15, -0.1) is 0 Å². The first-order valence-electron chi connectivity index (χ1n) is 10.1. The zero-order valence-electron chi connectivity index (χ0n) is 18.3. The normalized spacial score (nSPS) is 18.8. The molecule has 2 atom stereocenters. The van der Waals surface area contributed by atoms with Crippen LogP contribution in [-0.4, -0.2) is 54.8 Å². The third-order valence-electron chi connectivity index (χ3n) is 4.92.